The van der Waals surface area contributed by atoms with Gasteiger partial charge in [0, 0.05) is 5.92 Å². The van der Waals surface area contributed by atoms with E-state index < -0.39 is 10.4 Å². The van der Waals surface area contributed by atoms with Crippen LogP contribution in [0.25, 0.3) is 0 Å². The van der Waals surface area contributed by atoms with Gasteiger partial charge in [-0.2, -0.15) is 0 Å². The van der Waals surface area contributed by atoms with Crippen LogP contribution < -0.4 is 51.4 Å². The van der Waals surface area contributed by atoms with Crippen LogP contribution in [-0.4, -0.2) is 19.6 Å². The van der Waals surface area contributed by atoms with E-state index in [9.17, 15) is 13.0 Å². The van der Waals surface area contributed by atoms with Crippen LogP contribution in [0.3, 0.4) is 0 Å². The van der Waals surface area contributed by atoms with E-state index in [1.165, 1.54) is 89.9 Å². The summed E-state index contributed by atoms with van der Waals surface area (Å²) in [6.07, 6.45) is 26.6. The molecule has 1 unspecified atom stereocenters. The third-order valence-electron chi connectivity index (χ3n) is 5.49. The SMILES string of the molecule is CCCCCCCCCCC/C=C/C(CCCCCCCCC)COS(=O)(=O)[O-].[K+]. The Kier molecular flexibility index (Phi) is 27.7. The molecule has 0 fully saturated rings. The Labute approximate surface area is 230 Å². The maximum absolute atomic E-state index is 10.8. The van der Waals surface area contributed by atoms with Crippen LogP contribution >= 0.6 is 0 Å². The second-order valence-corrected chi connectivity index (χ2v) is 9.46. The minimum Gasteiger partial charge on any atom is -0.726 e. The van der Waals surface area contributed by atoms with Crippen molar-refractivity contribution >= 4 is 10.4 Å². The molecule has 0 N–H and O–H groups in total. The van der Waals surface area contributed by atoms with Crippen molar-refractivity contribution in [2.24, 2.45) is 5.92 Å². The topological polar surface area (TPSA) is 66.4 Å². The summed E-state index contributed by atoms with van der Waals surface area (Å²) in [4.78, 5) is 0. The molecule has 0 aliphatic rings. The van der Waals surface area contributed by atoms with Gasteiger partial charge in [-0.1, -0.05) is 122 Å². The molecule has 0 spiro atoms. The van der Waals surface area contributed by atoms with E-state index in [4.69, 9.17) is 0 Å². The minimum atomic E-state index is -4.60. The van der Waals surface area contributed by atoms with Gasteiger partial charge in [-0.15, -0.1) is 0 Å². The van der Waals surface area contributed by atoms with Gasteiger partial charge in [0.15, 0.2) is 0 Å². The van der Waals surface area contributed by atoms with E-state index in [0.717, 1.165) is 25.7 Å². The van der Waals surface area contributed by atoms with Crippen molar-refractivity contribution in [3.8, 4) is 0 Å². The number of allylic oxidation sites excluding steroid dienone is 1. The Balaban J connectivity index is 0. The minimum absolute atomic E-state index is 0. The Morgan fingerprint density at radius 3 is 1.63 bits per heavy atom. The second kappa shape index (κ2) is 24.9. The third kappa shape index (κ3) is 27.3. The predicted molar refractivity (Wildman–Crippen MR) is 123 cm³/mol. The van der Waals surface area contributed by atoms with E-state index in [1.54, 1.807) is 0 Å². The second-order valence-electron chi connectivity index (χ2n) is 8.41. The zero-order chi connectivity index (χ0) is 21.6. The van der Waals surface area contributed by atoms with Gasteiger partial charge in [0.05, 0.1) is 6.61 Å². The largest absolute Gasteiger partial charge is 1.00 e. The summed E-state index contributed by atoms with van der Waals surface area (Å²) in [5, 5.41) is 0. The smallest absolute Gasteiger partial charge is 0.726 e. The fraction of sp³-hybridized carbons (Fsp3) is 0.917. The summed E-state index contributed by atoms with van der Waals surface area (Å²) in [5.74, 6) is 0.0212. The van der Waals surface area contributed by atoms with E-state index in [0.29, 0.717) is 0 Å². The first-order valence-electron chi connectivity index (χ1n) is 12.3. The summed E-state index contributed by atoms with van der Waals surface area (Å²) >= 11 is 0. The Morgan fingerprint density at radius 1 is 0.733 bits per heavy atom. The first kappa shape index (κ1) is 33.4. The molecule has 0 aromatic rings. The molecule has 0 bridgehead atoms. The fourth-order valence-corrected chi connectivity index (χ4v) is 3.97. The van der Waals surface area contributed by atoms with Gasteiger partial charge in [0.2, 0.25) is 10.4 Å². The van der Waals surface area contributed by atoms with Crippen LogP contribution in [0.5, 0.6) is 0 Å². The number of unbranched alkanes of at least 4 members (excludes halogenated alkanes) is 15. The summed E-state index contributed by atoms with van der Waals surface area (Å²) in [7, 11) is -4.60. The fourth-order valence-electron chi connectivity index (χ4n) is 3.63. The molecule has 0 saturated carbocycles. The molecule has 174 valence electrons. The van der Waals surface area contributed by atoms with E-state index in [1.807, 2.05) is 0 Å². The number of rotatable bonds is 22. The molecule has 0 heterocycles. The number of hydrogen-bond donors (Lipinski definition) is 0. The molecule has 0 rings (SSSR count). The molecule has 0 saturated heterocycles. The Morgan fingerprint density at radius 2 is 1.17 bits per heavy atom. The average molecular weight is 471 g/mol. The van der Waals surface area contributed by atoms with Crippen LogP contribution in [0.15, 0.2) is 12.2 Å². The standard InChI is InChI=1S/C24H48O4S.K/c1-3-5-7-9-11-12-13-14-16-18-20-22-24(23-28-29(25,26)27)21-19-17-15-10-8-6-4-2;/h20,22,24H,3-19,21,23H2,1-2H3,(H,25,26,27);/q;+1/p-1/b22-20+;. The van der Waals surface area contributed by atoms with Crippen molar-refractivity contribution in [3.05, 3.63) is 12.2 Å². The van der Waals surface area contributed by atoms with Crippen molar-refractivity contribution in [1.82, 2.24) is 0 Å². The monoisotopic (exact) mass is 470 g/mol. The van der Waals surface area contributed by atoms with Crippen LogP contribution in [0, 0.1) is 5.92 Å². The van der Waals surface area contributed by atoms with E-state index in [-0.39, 0.29) is 63.9 Å². The molecule has 0 radical (unpaired) electrons. The summed E-state index contributed by atoms with van der Waals surface area (Å²) in [6, 6.07) is 0. The molecule has 0 aromatic carbocycles. The van der Waals surface area contributed by atoms with Gasteiger partial charge in [-0.25, -0.2) is 8.42 Å². The van der Waals surface area contributed by atoms with Gasteiger partial charge in [-0.05, 0) is 19.3 Å². The van der Waals surface area contributed by atoms with Crippen LogP contribution in [0.1, 0.15) is 129 Å². The van der Waals surface area contributed by atoms with Crippen LogP contribution in [-0.2, 0) is 14.6 Å². The van der Waals surface area contributed by atoms with Gasteiger partial charge in [0.1, 0.15) is 0 Å². The first-order valence-corrected chi connectivity index (χ1v) is 13.6. The van der Waals surface area contributed by atoms with Crippen molar-refractivity contribution in [3.63, 3.8) is 0 Å². The molecule has 1 atom stereocenters. The van der Waals surface area contributed by atoms with E-state index >= 15 is 0 Å². The molecule has 0 aliphatic carbocycles. The molecule has 0 amide bonds. The zero-order valence-corrected chi connectivity index (χ0v) is 24.1. The molecule has 0 aliphatic heterocycles. The normalized spacial score (nSPS) is 12.9. The molecular weight excluding hydrogens is 423 g/mol. The number of hydrogen-bond acceptors (Lipinski definition) is 4. The first-order chi connectivity index (χ1) is 14.0. The van der Waals surface area contributed by atoms with Crippen molar-refractivity contribution in [2.45, 2.75) is 129 Å². The molecular formula is C24H47KO4S. The molecule has 4 nitrogen and oxygen atoms in total. The van der Waals surface area contributed by atoms with Gasteiger partial charge >= 0.3 is 51.4 Å². The van der Waals surface area contributed by atoms with Crippen LogP contribution in [0.2, 0.25) is 0 Å². The average Bonchev–Trinajstić information content (AvgIpc) is 2.68. The molecule has 6 heteroatoms. The Bertz CT molecular complexity index is 466. The summed E-state index contributed by atoms with van der Waals surface area (Å²) in [5.41, 5.74) is 0. The van der Waals surface area contributed by atoms with Crippen molar-refractivity contribution in [1.29, 1.82) is 0 Å². The van der Waals surface area contributed by atoms with E-state index in [2.05, 4.69) is 30.2 Å². The van der Waals surface area contributed by atoms with Crippen molar-refractivity contribution in [2.75, 3.05) is 6.61 Å². The Hall–Kier alpha value is 1.25. The van der Waals surface area contributed by atoms with Crippen molar-refractivity contribution < 1.29 is 68.5 Å². The van der Waals surface area contributed by atoms with Gasteiger partial charge in [-0.3, -0.25) is 4.18 Å². The predicted octanol–water partition coefficient (Wildman–Crippen LogP) is 4.70. The summed E-state index contributed by atoms with van der Waals surface area (Å²) < 4.78 is 36.8. The summed E-state index contributed by atoms with van der Waals surface area (Å²) in [6.45, 7) is 4.45. The van der Waals surface area contributed by atoms with Gasteiger partial charge in [0.25, 0.3) is 0 Å². The molecule has 30 heavy (non-hydrogen) atoms. The molecule has 0 aromatic heterocycles. The maximum atomic E-state index is 10.8. The maximum Gasteiger partial charge on any atom is 1.00 e. The van der Waals surface area contributed by atoms with Gasteiger partial charge < -0.3 is 4.55 Å². The van der Waals surface area contributed by atoms with Crippen LogP contribution in [0.4, 0.5) is 0 Å². The quantitative estimate of drug-likeness (QED) is 0.0756. The third-order valence-corrected chi connectivity index (χ3v) is 5.91. The zero-order valence-electron chi connectivity index (χ0n) is 20.2.